The first-order chi connectivity index (χ1) is 12.6. The molecule has 0 N–H and O–H groups in total. The number of halogens is 1. The van der Waals surface area contributed by atoms with Crippen molar-refractivity contribution < 1.29 is 4.79 Å². The number of amides is 1. The van der Waals surface area contributed by atoms with Crippen LogP contribution in [0.15, 0.2) is 24.3 Å². The van der Waals surface area contributed by atoms with Crippen LogP contribution in [0.3, 0.4) is 0 Å². The Balaban J connectivity index is 1.58. The molecule has 0 bridgehead atoms. The van der Waals surface area contributed by atoms with Gasteiger partial charge in [0.15, 0.2) is 0 Å². The van der Waals surface area contributed by atoms with Crippen LogP contribution in [0.2, 0.25) is 5.02 Å². The average molecular weight is 395 g/mol. The van der Waals surface area contributed by atoms with Gasteiger partial charge in [0.1, 0.15) is 0 Å². The van der Waals surface area contributed by atoms with Gasteiger partial charge in [0, 0.05) is 29.0 Å². The van der Waals surface area contributed by atoms with Crippen molar-refractivity contribution >= 4 is 35.0 Å². The van der Waals surface area contributed by atoms with Crippen LogP contribution in [0.25, 0.3) is 0 Å². The van der Waals surface area contributed by atoms with Crippen molar-refractivity contribution in [2.45, 2.75) is 51.2 Å². The highest BCUT2D eigenvalue weighted by atomic mass is 35.5. The Morgan fingerprint density at radius 1 is 1.19 bits per heavy atom. The van der Waals surface area contributed by atoms with Crippen molar-refractivity contribution in [3.05, 3.63) is 29.3 Å². The summed E-state index contributed by atoms with van der Waals surface area (Å²) < 4.78 is 0. The Morgan fingerprint density at radius 3 is 2.58 bits per heavy atom. The van der Waals surface area contributed by atoms with Gasteiger partial charge >= 0.3 is 0 Å². The first kappa shape index (κ1) is 20.0. The van der Waals surface area contributed by atoms with Crippen LogP contribution >= 0.6 is 23.4 Å². The fraction of sp³-hybridized carbons (Fsp3) is 0.667. The lowest BCUT2D eigenvalue weighted by Crippen LogP contribution is -2.46. The van der Waals surface area contributed by atoms with Crippen LogP contribution in [-0.2, 0) is 4.79 Å². The highest BCUT2D eigenvalue weighted by Gasteiger charge is 2.48. The molecule has 144 valence electrons. The molecular weight excluding hydrogens is 364 g/mol. The lowest BCUT2D eigenvalue weighted by atomic mass is 9.77. The summed E-state index contributed by atoms with van der Waals surface area (Å²) >= 11 is 8.23. The standard InChI is InChI=1S/C21H31ClN2OS/c1-3-14-26-19(4-2)16-23-11-8-21(9-12-23)10-13-24(20(21)25)18-7-5-6-17(22)15-18/h5-7,15,19H,3-4,8-14,16H2,1-2H3. The number of likely N-dealkylation sites (tertiary alicyclic amines) is 1. The van der Waals surface area contributed by atoms with Crippen LogP contribution in [0.5, 0.6) is 0 Å². The Hall–Kier alpha value is -0.710. The van der Waals surface area contributed by atoms with Crippen LogP contribution in [-0.4, -0.2) is 48.0 Å². The van der Waals surface area contributed by atoms with Crippen LogP contribution in [0.1, 0.15) is 46.0 Å². The summed E-state index contributed by atoms with van der Waals surface area (Å²) in [5.74, 6) is 1.57. The number of hydrogen-bond acceptors (Lipinski definition) is 3. The van der Waals surface area contributed by atoms with Gasteiger partial charge < -0.3 is 9.80 Å². The first-order valence-electron chi connectivity index (χ1n) is 9.99. The van der Waals surface area contributed by atoms with E-state index in [0.29, 0.717) is 10.9 Å². The minimum atomic E-state index is -0.142. The maximum absolute atomic E-state index is 13.2. The Morgan fingerprint density at radius 2 is 1.92 bits per heavy atom. The van der Waals surface area contributed by atoms with E-state index in [1.54, 1.807) is 0 Å². The van der Waals surface area contributed by atoms with Crippen LogP contribution in [0, 0.1) is 5.41 Å². The lowest BCUT2D eigenvalue weighted by Gasteiger charge is -2.39. The first-order valence-corrected chi connectivity index (χ1v) is 11.4. The average Bonchev–Trinajstić information content (AvgIpc) is 2.97. The molecule has 1 aromatic rings. The second-order valence-electron chi connectivity index (χ2n) is 7.67. The van der Waals surface area contributed by atoms with Gasteiger partial charge in [-0.1, -0.05) is 31.5 Å². The van der Waals surface area contributed by atoms with E-state index in [0.717, 1.165) is 49.8 Å². The topological polar surface area (TPSA) is 23.6 Å². The highest BCUT2D eigenvalue weighted by molar-refractivity contribution is 7.99. The zero-order valence-corrected chi connectivity index (χ0v) is 17.6. The maximum atomic E-state index is 13.2. The molecule has 2 fully saturated rings. The summed E-state index contributed by atoms with van der Waals surface area (Å²) in [7, 11) is 0. The molecule has 1 aromatic carbocycles. The highest BCUT2D eigenvalue weighted by Crippen LogP contribution is 2.43. The number of nitrogens with zero attached hydrogens (tertiary/aromatic N) is 2. The number of thioether (sulfide) groups is 1. The third kappa shape index (κ3) is 4.40. The summed E-state index contributed by atoms with van der Waals surface area (Å²) in [6, 6.07) is 7.69. The largest absolute Gasteiger partial charge is 0.312 e. The molecule has 0 radical (unpaired) electrons. The summed E-state index contributed by atoms with van der Waals surface area (Å²) in [5, 5.41) is 1.42. The predicted molar refractivity (Wildman–Crippen MR) is 113 cm³/mol. The third-order valence-corrected chi connectivity index (χ3v) is 7.75. The molecule has 1 spiro atoms. The predicted octanol–water partition coefficient (Wildman–Crippen LogP) is 5.08. The Bertz CT molecular complexity index is 616. The van der Waals surface area contributed by atoms with E-state index in [4.69, 9.17) is 11.6 Å². The second-order valence-corrected chi connectivity index (χ2v) is 9.51. The van der Waals surface area contributed by atoms with Gasteiger partial charge in [-0.05, 0) is 69.1 Å². The number of piperidine rings is 1. The number of carbonyl (C=O) groups is 1. The van der Waals surface area contributed by atoms with E-state index < -0.39 is 0 Å². The number of anilines is 1. The maximum Gasteiger partial charge on any atom is 0.233 e. The Labute approximate surface area is 167 Å². The van der Waals surface area contributed by atoms with Crippen molar-refractivity contribution in [1.29, 1.82) is 0 Å². The molecule has 26 heavy (non-hydrogen) atoms. The van der Waals surface area contributed by atoms with Crippen LogP contribution in [0.4, 0.5) is 5.69 Å². The van der Waals surface area contributed by atoms with E-state index in [9.17, 15) is 4.79 Å². The number of benzene rings is 1. The molecule has 2 heterocycles. The smallest absolute Gasteiger partial charge is 0.233 e. The molecule has 5 heteroatoms. The molecule has 1 unspecified atom stereocenters. The van der Waals surface area contributed by atoms with Gasteiger partial charge in [0.2, 0.25) is 5.91 Å². The zero-order valence-electron chi connectivity index (χ0n) is 16.0. The molecule has 3 nitrogen and oxygen atoms in total. The molecule has 1 atom stereocenters. The number of rotatable bonds is 7. The normalized spacial score (nSPS) is 21.5. The molecule has 1 amide bonds. The zero-order chi connectivity index (χ0) is 18.6. The fourth-order valence-corrected chi connectivity index (χ4v) is 5.52. The number of hydrogen-bond donors (Lipinski definition) is 0. The molecule has 2 aliphatic heterocycles. The molecular formula is C21H31ClN2OS. The van der Waals surface area contributed by atoms with Gasteiger partial charge in [-0.15, -0.1) is 0 Å². The molecule has 0 aromatic heterocycles. The van der Waals surface area contributed by atoms with E-state index in [-0.39, 0.29) is 5.41 Å². The van der Waals surface area contributed by atoms with Gasteiger partial charge in [0.25, 0.3) is 0 Å². The van der Waals surface area contributed by atoms with Crippen molar-refractivity contribution in [2.24, 2.45) is 5.41 Å². The van der Waals surface area contributed by atoms with E-state index in [2.05, 4.69) is 30.5 Å². The number of carbonyl (C=O) groups excluding carboxylic acids is 1. The van der Waals surface area contributed by atoms with Gasteiger partial charge in [-0.25, -0.2) is 0 Å². The quantitative estimate of drug-likeness (QED) is 0.644. The van der Waals surface area contributed by atoms with E-state index >= 15 is 0 Å². The van der Waals surface area contributed by atoms with Gasteiger partial charge in [0.05, 0.1) is 5.41 Å². The molecule has 3 rings (SSSR count). The molecule has 2 saturated heterocycles. The fourth-order valence-electron chi connectivity index (χ4n) is 4.21. The second kappa shape index (κ2) is 8.99. The summed E-state index contributed by atoms with van der Waals surface area (Å²) in [5.41, 5.74) is 0.806. The lowest BCUT2D eigenvalue weighted by molar-refractivity contribution is -0.128. The van der Waals surface area contributed by atoms with Crippen molar-refractivity contribution in [3.63, 3.8) is 0 Å². The third-order valence-electron chi connectivity index (χ3n) is 5.92. The minimum absolute atomic E-state index is 0.142. The summed E-state index contributed by atoms with van der Waals surface area (Å²) in [6.07, 6.45) is 5.45. The van der Waals surface area contributed by atoms with Gasteiger partial charge in [-0.2, -0.15) is 11.8 Å². The van der Waals surface area contributed by atoms with E-state index in [1.807, 2.05) is 29.2 Å². The van der Waals surface area contributed by atoms with Crippen molar-refractivity contribution in [1.82, 2.24) is 4.90 Å². The van der Waals surface area contributed by atoms with E-state index in [1.165, 1.54) is 25.1 Å². The van der Waals surface area contributed by atoms with Gasteiger partial charge in [-0.3, -0.25) is 4.79 Å². The van der Waals surface area contributed by atoms with Crippen molar-refractivity contribution in [3.8, 4) is 0 Å². The molecule has 0 saturated carbocycles. The summed E-state index contributed by atoms with van der Waals surface area (Å²) in [4.78, 5) is 17.7. The monoisotopic (exact) mass is 394 g/mol. The Kier molecular flexibility index (Phi) is 6.92. The summed E-state index contributed by atoms with van der Waals surface area (Å²) in [6.45, 7) is 8.65. The SMILES string of the molecule is CCCSC(CC)CN1CCC2(CC1)CCN(c1cccc(Cl)c1)C2=O. The molecule has 2 aliphatic rings. The minimum Gasteiger partial charge on any atom is -0.312 e. The molecule has 0 aliphatic carbocycles. The van der Waals surface area contributed by atoms with Crippen LogP contribution < -0.4 is 4.90 Å². The van der Waals surface area contributed by atoms with Crippen molar-refractivity contribution in [2.75, 3.05) is 36.8 Å².